The third-order valence-corrected chi connectivity index (χ3v) is 3.22. The third-order valence-electron chi connectivity index (χ3n) is 2.71. The molecule has 3 nitrogen and oxygen atoms in total. The summed E-state index contributed by atoms with van der Waals surface area (Å²) in [6, 6.07) is 0. The molecule has 1 fully saturated rings. The molecule has 0 radical (unpaired) electrons. The lowest BCUT2D eigenvalue weighted by molar-refractivity contribution is -0.174. The van der Waals surface area contributed by atoms with Gasteiger partial charge in [0.25, 0.3) is 0 Å². The van der Waals surface area contributed by atoms with Gasteiger partial charge in [-0.05, 0) is 19.3 Å². The van der Waals surface area contributed by atoms with Gasteiger partial charge >= 0.3 is 6.18 Å². The highest BCUT2D eigenvalue weighted by molar-refractivity contribution is 6.18. The van der Waals surface area contributed by atoms with Crippen LogP contribution >= 0.6 is 11.6 Å². The first-order chi connectivity index (χ1) is 7.87. The van der Waals surface area contributed by atoms with Crippen LogP contribution in [0.5, 0.6) is 0 Å². The van der Waals surface area contributed by atoms with E-state index in [4.69, 9.17) is 11.6 Å². The Balaban J connectivity index is 2.13. The first-order valence-electron chi connectivity index (χ1n) is 5.38. The Hall–Kier alpha value is -0.490. The summed E-state index contributed by atoms with van der Waals surface area (Å²) in [6.45, 7) is -1.55. The van der Waals surface area contributed by atoms with Gasteiger partial charge in [-0.25, -0.2) is 0 Å². The van der Waals surface area contributed by atoms with Gasteiger partial charge in [0.05, 0.1) is 12.1 Å². The van der Waals surface area contributed by atoms with Gasteiger partial charge in [-0.2, -0.15) is 13.2 Å². The molecule has 0 aromatic rings. The minimum atomic E-state index is -4.35. The van der Waals surface area contributed by atoms with Crippen LogP contribution in [-0.4, -0.2) is 36.7 Å². The minimum absolute atomic E-state index is 0.0747. The monoisotopic (exact) mass is 273 g/mol. The normalized spacial score (nSPS) is 18.6. The highest BCUT2D eigenvalue weighted by Gasteiger charge is 2.37. The van der Waals surface area contributed by atoms with Crippen LogP contribution in [0.15, 0.2) is 0 Å². The van der Waals surface area contributed by atoms with E-state index in [1.165, 1.54) is 0 Å². The van der Waals surface area contributed by atoms with E-state index in [1.807, 2.05) is 0 Å². The molecule has 1 aliphatic rings. The van der Waals surface area contributed by atoms with E-state index in [1.54, 1.807) is 0 Å². The lowest BCUT2D eigenvalue weighted by Crippen LogP contribution is -2.55. The number of amides is 1. The van der Waals surface area contributed by atoms with Crippen LogP contribution < -0.4 is 5.32 Å². The van der Waals surface area contributed by atoms with Crippen molar-refractivity contribution in [2.24, 2.45) is 0 Å². The second-order valence-corrected chi connectivity index (χ2v) is 4.50. The van der Waals surface area contributed by atoms with Crippen LogP contribution in [0, 0.1) is 0 Å². The van der Waals surface area contributed by atoms with Gasteiger partial charge in [0.15, 0.2) is 0 Å². The van der Waals surface area contributed by atoms with Gasteiger partial charge in [-0.1, -0.05) is 0 Å². The lowest BCUT2D eigenvalue weighted by atomic mass is 9.78. The average Bonchev–Trinajstić information content (AvgIpc) is 2.17. The van der Waals surface area contributed by atoms with Crippen molar-refractivity contribution in [1.29, 1.82) is 0 Å². The van der Waals surface area contributed by atoms with Crippen molar-refractivity contribution in [3.8, 4) is 0 Å². The molecule has 0 atom stereocenters. The molecular weight excluding hydrogens is 259 g/mol. The maximum atomic E-state index is 11.7. The van der Waals surface area contributed by atoms with Crippen molar-refractivity contribution in [1.82, 2.24) is 5.32 Å². The Labute approximate surface area is 103 Å². The predicted molar refractivity (Wildman–Crippen MR) is 56.9 cm³/mol. The average molecular weight is 274 g/mol. The molecule has 1 amide bonds. The van der Waals surface area contributed by atoms with Gasteiger partial charge < -0.3 is 10.1 Å². The number of ether oxygens (including phenoxy) is 1. The second kappa shape index (κ2) is 5.91. The Morgan fingerprint density at radius 2 is 2.06 bits per heavy atom. The fraction of sp³-hybridized carbons (Fsp3) is 0.900. The summed E-state index contributed by atoms with van der Waals surface area (Å²) < 4.78 is 39.5. The lowest BCUT2D eigenvalue weighted by Gasteiger charge is -2.41. The number of hydrogen-bond donors (Lipinski definition) is 1. The standard InChI is InChI=1S/C10H15ClF3NO2/c11-6-9(3-1-4-9)15-8(16)2-5-17-7-10(12,13)14/h1-7H2,(H,15,16). The molecule has 1 rings (SSSR count). The fourth-order valence-electron chi connectivity index (χ4n) is 1.61. The van der Waals surface area contributed by atoms with Gasteiger partial charge in [-0.3, -0.25) is 4.79 Å². The molecule has 0 bridgehead atoms. The highest BCUT2D eigenvalue weighted by Crippen LogP contribution is 2.32. The summed E-state index contributed by atoms with van der Waals surface area (Å²) in [4.78, 5) is 11.4. The van der Waals surface area contributed by atoms with E-state index in [9.17, 15) is 18.0 Å². The summed E-state index contributed by atoms with van der Waals surface area (Å²) in [5.74, 6) is 0.0230. The van der Waals surface area contributed by atoms with Crippen LogP contribution in [0.3, 0.4) is 0 Å². The Kier molecular flexibility index (Phi) is 5.06. The summed E-state index contributed by atoms with van der Waals surface area (Å²) in [5, 5.41) is 2.75. The molecule has 7 heteroatoms. The number of carbonyl (C=O) groups excluding carboxylic acids is 1. The van der Waals surface area contributed by atoms with Crippen LogP contribution in [0.1, 0.15) is 25.7 Å². The zero-order chi connectivity index (χ0) is 12.9. The van der Waals surface area contributed by atoms with E-state index in [2.05, 4.69) is 10.1 Å². The number of alkyl halides is 4. The molecule has 0 heterocycles. The van der Waals surface area contributed by atoms with Crippen molar-refractivity contribution in [2.75, 3.05) is 19.1 Å². The molecule has 0 aliphatic heterocycles. The second-order valence-electron chi connectivity index (χ2n) is 4.23. The zero-order valence-corrected chi connectivity index (χ0v) is 10.0. The molecule has 0 aromatic heterocycles. The molecule has 0 spiro atoms. The Bertz CT molecular complexity index is 261. The van der Waals surface area contributed by atoms with Crippen LogP contribution in [-0.2, 0) is 9.53 Å². The van der Waals surface area contributed by atoms with Crippen LogP contribution in [0.25, 0.3) is 0 Å². The SMILES string of the molecule is O=C(CCOCC(F)(F)F)NC1(CCl)CCC1. The van der Waals surface area contributed by atoms with Crippen molar-refractivity contribution in [3.63, 3.8) is 0 Å². The number of nitrogens with one attached hydrogen (secondary N) is 1. The van der Waals surface area contributed by atoms with Crippen molar-refractivity contribution < 1.29 is 22.7 Å². The van der Waals surface area contributed by atoms with E-state index in [0.29, 0.717) is 5.88 Å². The maximum Gasteiger partial charge on any atom is 0.411 e. The summed E-state index contributed by atoms with van der Waals surface area (Å²) in [6.07, 6.45) is -1.76. The quantitative estimate of drug-likeness (QED) is 0.595. The third kappa shape index (κ3) is 5.12. The number of halogens is 4. The highest BCUT2D eigenvalue weighted by atomic mass is 35.5. The van der Waals surface area contributed by atoms with Crippen molar-refractivity contribution in [2.45, 2.75) is 37.4 Å². The molecule has 0 saturated heterocycles. The van der Waals surface area contributed by atoms with Gasteiger partial charge in [0, 0.05) is 12.3 Å². The predicted octanol–water partition coefficient (Wildman–Crippen LogP) is 2.23. The van der Waals surface area contributed by atoms with Gasteiger partial charge in [0.1, 0.15) is 6.61 Å². The number of hydrogen-bond acceptors (Lipinski definition) is 2. The van der Waals surface area contributed by atoms with Crippen LogP contribution in [0.4, 0.5) is 13.2 Å². The number of rotatable bonds is 6. The topological polar surface area (TPSA) is 38.3 Å². The molecule has 1 aliphatic carbocycles. The van der Waals surface area contributed by atoms with Gasteiger partial charge in [-0.15, -0.1) is 11.6 Å². The summed E-state index contributed by atoms with van der Waals surface area (Å²) in [7, 11) is 0. The zero-order valence-electron chi connectivity index (χ0n) is 9.28. The summed E-state index contributed by atoms with van der Waals surface area (Å²) in [5.41, 5.74) is -0.345. The minimum Gasteiger partial charge on any atom is -0.372 e. The summed E-state index contributed by atoms with van der Waals surface area (Å²) >= 11 is 5.73. The smallest absolute Gasteiger partial charge is 0.372 e. The Morgan fingerprint density at radius 3 is 2.47 bits per heavy atom. The first-order valence-corrected chi connectivity index (χ1v) is 5.92. The van der Waals surface area contributed by atoms with Crippen molar-refractivity contribution >= 4 is 17.5 Å². The molecule has 0 aromatic carbocycles. The first kappa shape index (κ1) is 14.6. The maximum absolute atomic E-state index is 11.7. The van der Waals surface area contributed by atoms with Crippen molar-refractivity contribution in [3.05, 3.63) is 0 Å². The van der Waals surface area contributed by atoms with E-state index in [-0.39, 0.29) is 24.5 Å². The molecule has 1 N–H and O–H groups in total. The molecule has 100 valence electrons. The Morgan fingerprint density at radius 1 is 1.41 bits per heavy atom. The molecule has 1 saturated carbocycles. The van der Waals surface area contributed by atoms with E-state index < -0.39 is 12.8 Å². The van der Waals surface area contributed by atoms with E-state index >= 15 is 0 Å². The molecular formula is C10H15ClF3NO2. The fourth-order valence-corrected chi connectivity index (χ4v) is 1.94. The molecule has 17 heavy (non-hydrogen) atoms. The number of carbonyl (C=O) groups is 1. The van der Waals surface area contributed by atoms with Gasteiger partial charge in [0.2, 0.25) is 5.91 Å². The van der Waals surface area contributed by atoms with E-state index in [0.717, 1.165) is 19.3 Å². The molecule has 0 unspecified atom stereocenters. The van der Waals surface area contributed by atoms with Crippen LogP contribution in [0.2, 0.25) is 0 Å². The largest absolute Gasteiger partial charge is 0.411 e.